The summed E-state index contributed by atoms with van der Waals surface area (Å²) >= 11 is 19.2. The highest BCUT2D eigenvalue weighted by atomic mass is 35.5. The SMILES string of the molecule is CC1(C)CCC(CN2CCN(c3ccc(C(=O)NS(=O)(=O)c4ccc(OCC5CCC(O)CC5)c(Cl)c4)c(Oc4cccc5n[nH]c(Cl)c45)c3)CC2)=C(c2ccc(Cl)cc2)C1. The van der Waals surface area contributed by atoms with Gasteiger partial charge in [-0.3, -0.25) is 14.8 Å². The van der Waals surface area contributed by atoms with Crippen LogP contribution in [0.15, 0.2) is 89.3 Å². The summed E-state index contributed by atoms with van der Waals surface area (Å²) in [5.74, 6) is 0.237. The number of aliphatic hydroxyl groups is 1. The number of benzene rings is 4. The number of piperazine rings is 1. The molecule has 2 fully saturated rings. The summed E-state index contributed by atoms with van der Waals surface area (Å²) in [7, 11) is -4.37. The van der Waals surface area contributed by atoms with Gasteiger partial charge >= 0.3 is 0 Å². The third-order valence-electron chi connectivity index (χ3n) is 12.2. The van der Waals surface area contributed by atoms with Crippen LogP contribution in [0.1, 0.15) is 74.7 Å². The Morgan fingerprint density at radius 1 is 0.918 bits per heavy atom. The minimum Gasteiger partial charge on any atom is -0.492 e. The minimum atomic E-state index is -4.37. The summed E-state index contributed by atoms with van der Waals surface area (Å²) < 4.78 is 41.9. The molecule has 0 bridgehead atoms. The third kappa shape index (κ3) is 10.2. The summed E-state index contributed by atoms with van der Waals surface area (Å²) in [4.78, 5) is 18.5. The smallest absolute Gasteiger partial charge is 0.268 e. The van der Waals surface area contributed by atoms with Crippen LogP contribution in [-0.4, -0.2) is 80.0 Å². The topological polar surface area (TPSA) is 137 Å². The highest BCUT2D eigenvalue weighted by molar-refractivity contribution is 7.90. The highest BCUT2D eigenvalue weighted by Crippen LogP contribution is 2.44. The van der Waals surface area contributed by atoms with Crippen LogP contribution < -0.4 is 19.1 Å². The number of sulfonamides is 1. The van der Waals surface area contributed by atoms with Gasteiger partial charge in [0.05, 0.1) is 39.1 Å². The molecule has 11 nitrogen and oxygen atoms in total. The lowest BCUT2D eigenvalue weighted by atomic mass is 9.72. The van der Waals surface area contributed by atoms with Crippen molar-refractivity contribution in [1.29, 1.82) is 0 Å². The number of hydrogen-bond acceptors (Lipinski definition) is 9. The number of carbonyl (C=O) groups excluding carboxylic acids is 1. The quantitative estimate of drug-likeness (QED) is 0.112. The molecular weight excluding hydrogens is 857 g/mol. The number of aromatic nitrogens is 2. The number of anilines is 1. The molecule has 61 heavy (non-hydrogen) atoms. The maximum atomic E-state index is 14.0. The number of hydrogen-bond donors (Lipinski definition) is 3. The number of H-pyrrole nitrogens is 1. The zero-order chi connectivity index (χ0) is 42.9. The molecule has 0 radical (unpaired) electrons. The van der Waals surface area contributed by atoms with E-state index in [1.807, 2.05) is 18.2 Å². The van der Waals surface area contributed by atoms with E-state index in [9.17, 15) is 18.3 Å². The molecule has 5 aromatic rings. The van der Waals surface area contributed by atoms with Crippen molar-refractivity contribution in [3.05, 3.63) is 111 Å². The number of ether oxygens (including phenoxy) is 2. The van der Waals surface area contributed by atoms with E-state index in [1.54, 1.807) is 30.3 Å². The standard InChI is InChI=1S/C46H50Cl3N5O6S/c1-46(2)19-18-31(37(26-46)30-8-10-32(47)11-9-30)27-53-20-22-54(23-21-53)33-12-16-36(42(24-33)60-41-5-3-4-39-43(41)44(49)51-50-39)45(56)52-61(57,58)35-15-17-40(38(48)25-35)59-28-29-6-13-34(55)14-7-29/h3-5,8-12,15-17,24-25,29,34,55H,6-7,13-14,18-23,26-28H2,1-2H3,(H,50,51)(H,52,56). The van der Waals surface area contributed by atoms with Crippen molar-refractivity contribution in [2.75, 3.05) is 44.2 Å². The van der Waals surface area contributed by atoms with E-state index in [1.165, 1.54) is 34.9 Å². The minimum absolute atomic E-state index is 0.00752. The van der Waals surface area contributed by atoms with E-state index >= 15 is 0 Å². The van der Waals surface area contributed by atoms with Crippen molar-refractivity contribution in [1.82, 2.24) is 19.8 Å². The average molecular weight is 907 g/mol. The van der Waals surface area contributed by atoms with E-state index in [2.05, 4.69) is 50.7 Å². The Bertz CT molecular complexity index is 2550. The summed E-state index contributed by atoms with van der Waals surface area (Å²) in [6.45, 7) is 9.12. The van der Waals surface area contributed by atoms with Crippen LogP contribution in [0.5, 0.6) is 17.2 Å². The van der Waals surface area contributed by atoms with Gasteiger partial charge in [-0.1, -0.05) is 72.4 Å². The van der Waals surface area contributed by atoms with E-state index in [0.717, 1.165) is 88.4 Å². The first-order valence-electron chi connectivity index (χ1n) is 20.8. The first-order valence-corrected chi connectivity index (χ1v) is 23.4. The molecule has 4 aromatic carbocycles. The molecule has 1 saturated heterocycles. The number of nitrogens with one attached hydrogen (secondary N) is 2. The van der Waals surface area contributed by atoms with Crippen LogP contribution in [-0.2, 0) is 10.0 Å². The fourth-order valence-electron chi connectivity index (χ4n) is 8.60. The molecule has 0 unspecified atom stereocenters. The lowest BCUT2D eigenvalue weighted by molar-refractivity contribution is 0.0917. The largest absolute Gasteiger partial charge is 0.492 e. The molecule has 1 amide bonds. The maximum absolute atomic E-state index is 14.0. The zero-order valence-corrected chi connectivity index (χ0v) is 37.3. The van der Waals surface area contributed by atoms with Crippen molar-refractivity contribution in [3.63, 3.8) is 0 Å². The fraction of sp³-hybridized carbons (Fsp3) is 0.391. The van der Waals surface area contributed by atoms with E-state index < -0.39 is 15.9 Å². The number of rotatable bonds is 12. The molecular formula is C46H50Cl3N5O6S. The van der Waals surface area contributed by atoms with Crippen LogP contribution in [0.4, 0.5) is 5.69 Å². The van der Waals surface area contributed by atoms with Gasteiger partial charge in [0.1, 0.15) is 22.4 Å². The Kier molecular flexibility index (Phi) is 12.9. The second-order valence-electron chi connectivity index (χ2n) is 17.2. The summed E-state index contributed by atoms with van der Waals surface area (Å²) in [5.41, 5.74) is 5.77. The molecule has 15 heteroatoms. The van der Waals surface area contributed by atoms with E-state index in [-0.39, 0.29) is 43.8 Å². The van der Waals surface area contributed by atoms with Crippen molar-refractivity contribution >= 4 is 72.9 Å². The monoisotopic (exact) mass is 905 g/mol. The Morgan fingerprint density at radius 3 is 2.41 bits per heavy atom. The van der Waals surface area contributed by atoms with Gasteiger partial charge in [-0.05, 0) is 122 Å². The molecule has 3 N–H and O–H groups in total. The zero-order valence-electron chi connectivity index (χ0n) is 34.2. The Labute approximate surface area is 372 Å². The number of fused-ring (bicyclic) bond motifs is 1. The third-order valence-corrected chi connectivity index (χ3v) is 14.3. The molecule has 1 aliphatic heterocycles. The Hall–Kier alpha value is -4.30. The number of halogens is 3. The van der Waals surface area contributed by atoms with Crippen molar-refractivity contribution < 1.29 is 27.8 Å². The van der Waals surface area contributed by atoms with Crippen molar-refractivity contribution in [3.8, 4) is 17.2 Å². The number of carbonyl (C=O) groups is 1. The second-order valence-corrected chi connectivity index (χ2v) is 20.1. The molecule has 0 atom stereocenters. The van der Waals surface area contributed by atoms with Gasteiger partial charge in [0, 0.05) is 49.5 Å². The van der Waals surface area contributed by atoms with E-state index in [4.69, 9.17) is 44.3 Å². The highest BCUT2D eigenvalue weighted by Gasteiger charge is 2.30. The molecule has 2 aliphatic carbocycles. The summed E-state index contributed by atoms with van der Waals surface area (Å²) in [5, 5.41) is 18.4. The van der Waals surface area contributed by atoms with Crippen molar-refractivity contribution in [2.45, 2.75) is 69.8 Å². The predicted molar refractivity (Wildman–Crippen MR) is 242 cm³/mol. The van der Waals surface area contributed by atoms with Gasteiger partial charge in [-0.2, -0.15) is 5.10 Å². The maximum Gasteiger partial charge on any atom is 0.268 e. The first kappa shape index (κ1) is 43.4. The number of nitrogens with zero attached hydrogens (tertiary/aromatic N) is 3. The van der Waals surface area contributed by atoms with Crippen LogP contribution in [0.2, 0.25) is 15.2 Å². The Morgan fingerprint density at radius 2 is 1.67 bits per heavy atom. The van der Waals surface area contributed by atoms with Crippen LogP contribution in [0.25, 0.3) is 16.5 Å². The van der Waals surface area contributed by atoms with Gasteiger partial charge in [0.15, 0.2) is 0 Å². The fourth-order valence-corrected chi connectivity index (χ4v) is 10.3. The van der Waals surface area contributed by atoms with Gasteiger partial charge in [0.2, 0.25) is 0 Å². The normalized spacial score (nSPS) is 19.9. The van der Waals surface area contributed by atoms with Crippen LogP contribution >= 0.6 is 34.8 Å². The number of aliphatic hydroxyl groups excluding tert-OH is 1. The number of amides is 1. The lowest BCUT2D eigenvalue weighted by Crippen LogP contribution is -2.47. The predicted octanol–water partition coefficient (Wildman–Crippen LogP) is 10.1. The molecule has 0 spiro atoms. The van der Waals surface area contributed by atoms with Gasteiger partial charge in [0.25, 0.3) is 15.9 Å². The van der Waals surface area contributed by atoms with Gasteiger partial charge in [-0.15, -0.1) is 0 Å². The molecule has 1 saturated carbocycles. The van der Waals surface area contributed by atoms with E-state index in [0.29, 0.717) is 29.0 Å². The molecule has 2 heterocycles. The molecule has 3 aliphatic rings. The number of allylic oxidation sites excluding steroid dienone is 1. The lowest BCUT2D eigenvalue weighted by Gasteiger charge is -2.39. The number of aromatic amines is 1. The molecule has 1 aromatic heterocycles. The Balaban J connectivity index is 0.999. The average Bonchev–Trinajstić information content (AvgIpc) is 3.63. The molecule has 322 valence electrons. The summed E-state index contributed by atoms with van der Waals surface area (Å²) in [6.07, 6.45) is 6.08. The van der Waals surface area contributed by atoms with Crippen molar-refractivity contribution in [2.24, 2.45) is 11.3 Å². The second kappa shape index (κ2) is 18.2. The summed E-state index contributed by atoms with van der Waals surface area (Å²) in [6, 6.07) is 22.7. The molecule has 8 rings (SSSR count). The van der Waals surface area contributed by atoms with Gasteiger partial charge in [-0.25, -0.2) is 13.1 Å². The van der Waals surface area contributed by atoms with Gasteiger partial charge < -0.3 is 19.5 Å². The van der Waals surface area contributed by atoms with Crippen LogP contribution in [0, 0.1) is 11.3 Å². The van der Waals surface area contributed by atoms with Crippen LogP contribution in [0.3, 0.4) is 0 Å². The first-order chi connectivity index (χ1) is 29.2.